The van der Waals surface area contributed by atoms with Crippen LogP contribution in [0.5, 0.6) is 0 Å². The number of aromatic nitrogens is 1. The average molecular weight is 187 g/mol. The summed E-state index contributed by atoms with van der Waals surface area (Å²) in [7, 11) is 0. The lowest BCUT2D eigenvalue weighted by atomic mass is 10.6. The molecule has 0 saturated carbocycles. The molecular weight excluding hydrogens is 182 g/mol. The van der Waals surface area contributed by atoms with E-state index in [2.05, 4.69) is 22.1 Å². The van der Waals surface area contributed by atoms with Crippen molar-refractivity contribution in [2.45, 2.75) is 5.03 Å². The van der Waals surface area contributed by atoms with E-state index in [0.29, 0.717) is 0 Å². The molecule has 0 aliphatic heterocycles. The summed E-state index contributed by atoms with van der Waals surface area (Å²) < 4.78 is 6.95. The van der Waals surface area contributed by atoms with E-state index in [9.17, 15) is 0 Å². The fraction of sp³-hybridized carbons (Fsp3) is 0.167. The lowest BCUT2D eigenvalue weighted by Crippen LogP contribution is -1.60. The minimum atomic E-state index is 1.18. The Labute approximate surface area is 71.2 Å². The maximum atomic E-state index is 4.29. The molecule has 0 N–H and O–H groups in total. The van der Waals surface area contributed by atoms with Crippen LogP contribution in [0.25, 0.3) is 9.40 Å². The molecule has 0 unspecified atom stereocenters. The third-order valence-electron chi connectivity index (χ3n) is 1.24. The van der Waals surface area contributed by atoms with Gasteiger partial charge in [0.15, 0.2) is 0 Å². The number of thiophene rings is 1. The number of thioether (sulfide) groups is 1. The fourth-order valence-corrected chi connectivity index (χ4v) is 3.60. The number of fused-ring (bicyclic) bond motifs is 1. The van der Waals surface area contributed by atoms with Crippen molar-refractivity contribution in [3.8, 4) is 0 Å². The number of hydrogen-bond donors (Lipinski definition) is 0. The summed E-state index contributed by atoms with van der Waals surface area (Å²) in [5.74, 6) is 0. The van der Waals surface area contributed by atoms with Crippen molar-refractivity contribution < 1.29 is 0 Å². The first-order valence-electron chi connectivity index (χ1n) is 2.78. The first-order chi connectivity index (χ1) is 4.92. The van der Waals surface area contributed by atoms with Gasteiger partial charge < -0.3 is 0 Å². The Bertz CT molecular complexity index is 335. The van der Waals surface area contributed by atoms with E-state index in [1.54, 1.807) is 34.6 Å². The minimum Gasteiger partial charge on any atom is -0.184 e. The van der Waals surface area contributed by atoms with Gasteiger partial charge in [-0.25, -0.2) is 0 Å². The highest BCUT2D eigenvalue weighted by molar-refractivity contribution is 7.99. The standard InChI is InChI=1S/C6H5NS3/c1-8-6-5-4(10-7-6)2-3-9-5/h2-3H,1H3. The SMILES string of the molecule is CSc1nsc2ccsc12. The summed E-state index contributed by atoms with van der Waals surface area (Å²) >= 11 is 5.08. The Morgan fingerprint density at radius 3 is 3.30 bits per heavy atom. The van der Waals surface area contributed by atoms with Crippen LogP contribution in [-0.4, -0.2) is 10.6 Å². The first-order valence-corrected chi connectivity index (χ1v) is 5.66. The smallest absolute Gasteiger partial charge is 0.127 e. The molecule has 0 aromatic carbocycles. The molecule has 10 heavy (non-hydrogen) atoms. The second-order valence-electron chi connectivity index (χ2n) is 1.81. The molecule has 0 aliphatic rings. The summed E-state index contributed by atoms with van der Waals surface area (Å²) in [6, 6.07) is 2.12. The zero-order chi connectivity index (χ0) is 6.97. The quantitative estimate of drug-likeness (QED) is 0.636. The molecule has 4 heteroatoms. The molecule has 0 saturated heterocycles. The van der Waals surface area contributed by atoms with E-state index in [1.165, 1.54) is 14.4 Å². The van der Waals surface area contributed by atoms with Gasteiger partial charge in [-0.2, -0.15) is 4.37 Å². The molecular formula is C6H5NS3. The van der Waals surface area contributed by atoms with E-state index in [1.807, 2.05) is 0 Å². The summed E-state index contributed by atoms with van der Waals surface area (Å²) in [6.45, 7) is 0. The van der Waals surface area contributed by atoms with Crippen molar-refractivity contribution in [2.75, 3.05) is 6.26 Å². The minimum absolute atomic E-state index is 1.18. The Morgan fingerprint density at radius 2 is 2.50 bits per heavy atom. The maximum absolute atomic E-state index is 4.29. The van der Waals surface area contributed by atoms with Crippen molar-refractivity contribution in [1.29, 1.82) is 0 Å². The van der Waals surface area contributed by atoms with E-state index in [0.717, 1.165) is 0 Å². The van der Waals surface area contributed by atoms with Gasteiger partial charge in [0.05, 0.1) is 9.40 Å². The summed E-state index contributed by atoms with van der Waals surface area (Å²) in [6.07, 6.45) is 2.06. The zero-order valence-corrected chi connectivity index (χ0v) is 7.78. The van der Waals surface area contributed by atoms with Crippen molar-refractivity contribution in [1.82, 2.24) is 4.37 Å². The monoisotopic (exact) mass is 187 g/mol. The molecule has 52 valence electrons. The first kappa shape index (κ1) is 6.64. The summed E-state index contributed by atoms with van der Waals surface area (Å²) in [5.41, 5.74) is 0. The van der Waals surface area contributed by atoms with Gasteiger partial charge in [0.1, 0.15) is 5.03 Å². The molecule has 2 aromatic heterocycles. The highest BCUT2D eigenvalue weighted by Gasteiger charge is 2.04. The van der Waals surface area contributed by atoms with Crippen LogP contribution in [0.1, 0.15) is 0 Å². The van der Waals surface area contributed by atoms with Gasteiger partial charge in [-0.15, -0.1) is 23.1 Å². The van der Waals surface area contributed by atoms with Crippen LogP contribution in [0.4, 0.5) is 0 Å². The van der Waals surface area contributed by atoms with Crippen LogP contribution in [-0.2, 0) is 0 Å². The van der Waals surface area contributed by atoms with E-state index in [4.69, 9.17) is 0 Å². The van der Waals surface area contributed by atoms with E-state index >= 15 is 0 Å². The van der Waals surface area contributed by atoms with E-state index < -0.39 is 0 Å². The normalized spacial score (nSPS) is 10.9. The molecule has 2 aromatic rings. The number of hydrogen-bond acceptors (Lipinski definition) is 4. The van der Waals surface area contributed by atoms with Crippen molar-refractivity contribution in [3.05, 3.63) is 11.4 Å². The Hall–Kier alpha value is -0.0600. The van der Waals surface area contributed by atoms with Crippen LogP contribution >= 0.6 is 34.6 Å². The Kier molecular flexibility index (Phi) is 1.68. The van der Waals surface area contributed by atoms with Crippen LogP contribution in [0.15, 0.2) is 16.5 Å². The summed E-state index contributed by atoms with van der Waals surface area (Å²) in [4.78, 5) is 0. The van der Waals surface area contributed by atoms with Crippen LogP contribution in [0, 0.1) is 0 Å². The second-order valence-corrected chi connectivity index (χ2v) is 4.32. The van der Waals surface area contributed by atoms with Gasteiger partial charge in [-0.05, 0) is 29.2 Å². The molecule has 0 amide bonds. The molecule has 1 nitrogen and oxygen atoms in total. The third-order valence-corrected chi connectivity index (χ3v) is 4.03. The van der Waals surface area contributed by atoms with Gasteiger partial charge in [0.2, 0.25) is 0 Å². The summed E-state index contributed by atoms with van der Waals surface area (Å²) in [5, 5.41) is 3.29. The highest BCUT2D eigenvalue weighted by Crippen LogP contribution is 2.32. The number of nitrogens with zero attached hydrogens (tertiary/aromatic N) is 1. The maximum Gasteiger partial charge on any atom is 0.127 e. The molecule has 2 rings (SSSR count). The topological polar surface area (TPSA) is 12.9 Å². The van der Waals surface area contributed by atoms with Gasteiger partial charge in [0, 0.05) is 0 Å². The van der Waals surface area contributed by atoms with Crippen molar-refractivity contribution >= 4 is 44.0 Å². The zero-order valence-electron chi connectivity index (χ0n) is 5.33. The van der Waals surface area contributed by atoms with Gasteiger partial charge >= 0.3 is 0 Å². The highest BCUT2D eigenvalue weighted by atomic mass is 32.2. The van der Waals surface area contributed by atoms with Gasteiger partial charge in [-0.1, -0.05) is 0 Å². The van der Waals surface area contributed by atoms with Gasteiger partial charge in [0.25, 0.3) is 0 Å². The number of rotatable bonds is 1. The van der Waals surface area contributed by atoms with Gasteiger partial charge in [-0.3, -0.25) is 0 Å². The molecule has 0 aliphatic carbocycles. The third kappa shape index (κ3) is 0.872. The second kappa shape index (κ2) is 2.53. The van der Waals surface area contributed by atoms with Crippen LogP contribution in [0.2, 0.25) is 0 Å². The largest absolute Gasteiger partial charge is 0.184 e. The molecule has 0 spiro atoms. The van der Waals surface area contributed by atoms with E-state index in [-0.39, 0.29) is 0 Å². The van der Waals surface area contributed by atoms with Crippen molar-refractivity contribution in [3.63, 3.8) is 0 Å². The molecule has 0 fully saturated rings. The Balaban J connectivity index is 2.76. The Morgan fingerprint density at radius 1 is 1.60 bits per heavy atom. The molecule has 0 atom stereocenters. The predicted molar refractivity (Wildman–Crippen MR) is 49.3 cm³/mol. The van der Waals surface area contributed by atoms with Crippen LogP contribution in [0.3, 0.4) is 0 Å². The molecule has 0 bridgehead atoms. The lowest BCUT2D eigenvalue weighted by Gasteiger charge is -1.81. The molecule has 0 radical (unpaired) electrons. The van der Waals surface area contributed by atoms with Crippen molar-refractivity contribution in [2.24, 2.45) is 0 Å². The average Bonchev–Trinajstić information content (AvgIpc) is 2.44. The fourth-order valence-electron chi connectivity index (χ4n) is 0.787. The molecule has 2 heterocycles. The lowest BCUT2D eigenvalue weighted by molar-refractivity contribution is 1.35. The van der Waals surface area contributed by atoms with Crippen LogP contribution < -0.4 is 0 Å². The predicted octanol–water partition coefficient (Wildman–Crippen LogP) is 3.08.